The van der Waals surface area contributed by atoms with Gasteiger partial charge in [0.2, 0.25) is 5.91 Å². The average Bonchev–Trinajstić information content (AvgIpc) is 2.91. The van der Waals surface area contributed by atoms with Gasteiger partial charge in [0.15, 0.2) is 6.54 Å². The first-order valence-corrected chi connectivity index (χ1v) is 9.88. The van der Waals surface area contributed by atoms with Crippen LogP contribution in [-0.2, 0) is 20.7 Å². The van der Waals surface area contributed by atoms with E-state index in [1.165, 1.54) is 0 Å². The molecule has 2 heterocycles. The van der Waals surface area contributed by atoms with E-state index in [0.717, 1.165) is 37.7 Å². The highest BCUT2D eigenvalue weighted by atomic mass is 16.6. The van der Waals surface area contributed by atoms with Crippen molar-refractivity contribution in [1.29, 1.82) is 0 Å². The van der Waals surface area contributed by atoms with Crippen molar-refractivity contribution in [2.75, 3.05) is 26.2 Å². The van der Waals surface area contributed by atoms with Crippen molar-refractivity contribution >= 4 is 17.6 Å². The molecule has 0 saturated carbocycles. The number of hydrogen-bond acceptors (Lipinski definition) is 5. The Bertz CT molecular complexity index is 681. The molecule has 3 atom stereocenters. The summed E-state index contributed by atoms with van der Waals surface area (Å²) in [4.78, 5) is 24.4. The second-order valence-corrected chi connectivity index (χ2v) is 7.41. The molecule has 7 nitrogen and oxygen atoms in total. The van der Waals surface area contributed by atoms with Crippen LogP contribution in [0.4, 0.5) is 5.69 Å². The first kappa shape index (κ1) is 19.8. The van der Waals surface area contributed by atoms with E-state index in [0.29, 0.717) is 12.2 Å². The number of carbonyl (C=O) groups is 2. The Morgan fingerprint density at radius 1 is 1.33 bits per heavy atom. The molecule has 148 valence electrons. The van der Waals surface area contributed by atoms with Gasteiger partial charge in [-0.15, -0.1) is 0 Å². The van der Waals surface area contributed by atoms with Gasteiger partial charge in [0.05, 0.1) is 25.2 Å². The summed E-state index contributed by atoms with van der Waals surface area (Å²) < 4.78 is 4.30. The number of hydrogen-bond donors (Lipinski definition) is 2. The van der Waals surface area contributed by atoms with Gasteiger partial charge in [-0.1, -0.05) is 18.2 Å². The van der Waals surface area contributed by atoms with Crippen molar-refractivity contribution in [3.05, 3.63) is 35.0 Å². The monoisotopic (exact) mass is 375 g/mol. The molecule has 3 rings (SSSR count). The summed E-state index contributed by atoms with van der Waals surface area (Å²) in [6.45, 7) is 2.65. The molecule has 2 aliphatic heterocycles. The standard InChI is InChI=1S/C20H29N3O4/c1-2-27-19(24)14-23(26)13-16(11-10-15-7-3-4-9-18(15)23)22-17-8-5-6-12-21-20(17)25/h3-4,7,9,16-17,22H,2,5-6,8,10-14H2,1H3,(H,21,25). The number of aryl methyl sites for hydroxylation is 1. The van der Waals surface area contributed by atoms with Gasteiger partial charge >= 0.3 is 5.97 Å². The number of nitrogens with zero attached hydrogens (tertiary/aromatic N) is 1. The summed E-state index contributed by atoms with van der Waals surface area (Å²) in [5.41, 5.74) is 1.59. The second-order valence-electron chi connectivity index (χ2n) is 7.41. The van der Waals surface area contributed by atoms with E-state index in [-0.39, 0.29) is 37.7 Å². The molecule has 0 spiro atoms. The molecule has 3 unspecified atom stereocenters. The van der Waals surface area contributed by atoms with Gasteiger partial charge in [0.1, 0.15) is 5.69 Å². The van der Waals surface area contributed by atoms with E-state index in [1.54, 1.807) is 6.92 Å². The number of fused-ring (bicyclic) bond motifs is 1. The topological polar surface area (TPSA) is 90.5 Å². The largest absolute Gasteiger partial charge is 0.627 e. The molecule has 0 radical (unpaired) electrons. The van der Waals surface area contributed by atoms with E-state index in [2.05, 4.69) is 10.6 Å². The summed E-state index contributed by atoms with van der Waals surface area (Å²) in [7, 11) is 0. The number of benzene rings is 1. The molecule has 1 fully saturated rings. The number of rotatable bonds is 5. The van der Waals surface area contributed by atoms with Crippen LogP contribution in [0.2, 0.25) is 0 Å². The normalized spacial score (nSPS) is 28.4. The van der Waals surface area contributed by atoms with Crippen molar-refractivity contribution in [3.8, 4) is 0 Å². The van der Waals surface area contributed by atoms with Gasteiger partial charge in [0, 0.05) is 12.1 Å². The van der Waals surface area contributed by atoms with Crippen LogP contribution in [0.15, 0.2) is 24.3 Å². The van der Waals surface area contributed by atoms with Crippen molar-refractivity contribution in [2.45, 2.75) is 51.1 Å². The lowest BCUT2D eigenvalue weighted by atomic mass is 10.0. The van der Waals surface area contributed by atoms with Crippen molar-refractivity contribution < 1.29 is 14.3 Å². The Labute approximate surface area is 160 Å². The SMILES string of the molecule is CCOC(=O)C[N+]1([O-])CC(NC2CCCCNC2=O)CCc2ccccc21. The van der Waals surface area contributed by atoms with Crippen LogP contribution in [0.3, 0.4) is 0 Å². The molecule has 1 saturated heterocycles. The quantitative estimate of drug-likeness (QED) is 0.464. The van der Waals surface area contributed by atoms with Gasteiger partial charge in [-0.2, -0.15) is 0 Å². The highest BCUT2D eigenvalue weighted by molar-refractivity contribution is 5.82. The zero-order chi connectivity index (χ0) is 19.3. The van der Waals surface area contributed by atoms with E-state index >= 15 is 0 Å². The van der Waals surface area contributed by atoms with Crippen LogP contribution in [0.1, 0.15) is 38.2 Å². The number of nitrogens with one attached hydrogen (secondary N) is 2. The summed E-state index contributed by atoms with van der Waals surface area (Å²) in [6.07, 6.45) is 4.22. The van der Waals surface area contributed by atoms with Crippen molar-refractivity contribution in [1.82, 2.24) is 15.3 Å². The average molecular weight is 375 g/mol. The molecule has 1 aromatic rings. The molecule has 2 N–H and O–H groups in total. The van der Waals surface area contributed by atoms with Gasteiger partial charge in [-0.05, 0) is 45.1 Å². The molecule has 27 heavy (non-hydrogen) atoms. The molecule has 0 aromatic heterocycles. The number of quaternary nitrogens is 1. The molecule has 7 heteroatoms. The zero-order valence-corrected chi connectivity index (χ0v) is 15.9. The molecule has 0 bridgehead atoms. The number of ether oxygens (including phenoxy) is 1. The minimum Gasteiger partial charge on any atom is -0.627 e. The number of para-hydroxylation sites is 1. The van der Waals surface area contributed by atoms with Crippen LogP contribution in [0, 0.1) is 5.21 Å². The first-order chi connectivity index (χ1) is 13.0. The molecule has 1 amide bonds. The molecular formula is C20H29N3O4. The van der Waals surface area contributed by atoms with Crippen LogP contribution in [0.25, 0.3) is 0 Å². The van der Waals surface area contributed by atoms with E-state index < -0.39 is 10.6 Å². The fourth-order valence-corrected chi connectivity index (χ4v) is 4.08. The lowest BCUT2D eigenvalue weighted by molar-refractivity contribution is -0.143. The van der Waals surface area contributed by atoms with Gasteiger partial charge < -0.3 is 19.9 Å². The van der Waals surface area contributed by atoms with Crippen molar-refractivity contribution in [3.63, 3.8) is 0 Å². The van der Waals surface area contributed by atoms with Gasteiger partial charge in [-0.3, -0.25) is 10.1 Å². The van der Waals surface area contributed by atoms with E-state index in [4.69, 9.17) is 4.74 Å². The predicted molar refractivity (Wildman–Crippen MR) is 104 cm³/mol. The highest BCUT2D eigenvalue weighted by Gasteiger charge is 2.35. The Hall–Kier alpha value is -1.96. The maximum Gasteiger partial charge on any atom is 0.362 e. The highest BCUT2D eigenvalue weighted by Crippen LogP contribution is 2.32. The summed E-state index contributed by atoms with van der Waals surface area (Å²) in [5, 5.41) is 20.1. The Balaban J connectivity index is 1.81. The third-order valence-electron chi connectivity index (χ3n) is 5.37. The van der Waals surface area contributed by atoms with Crippen LogP contribution in [0.5, 0.6) is 0 Å². The van der Waals surface area contributed by atoms with Crippen LogP contribution >= 0.6 is 0 Å². The maximum absolute atomic E-state index is 13.7. The van der Waals surface area contributed by atoms with E-state index in [9.17, 15) is 14.8 Å². The van der Waals surface area contributed by atoms with Gasteiger partial charge in [-0.25, -0.2) is 4.79 Å². The third kappa shape index (κ3) is 4.86. The number of amides is 1. The lowest BCUT2D eigenvalue weighted by Gasteiger charge is -2.43. The van der Waals surface area contributed by atoms with Crippen LogP contribution < -0.4 is 15.3 Å². The smallest absolute Gasteiger partial charge is 0.362 e. The Morgan fingerprint density at radius 3 is 2.96 bits per heavy atom. The Morgan fingerprint density at radius 2 is 2.15 bits per heavy atom. The number of esters is 1. The maximum atomic E-state index is 13.7. The molecular weight excluding hydrogens is 346 g/mol. The summed E-state index contributed by atoms with van der Waals surface area (Å²) in [5.74, 6) is -0.487. The fraction of sp³-hybridized carbons (Fsp3) is 0.600. The number of hydroxylamine groups is 2. The summed E-state index contributed by atoms with van der Waals surface area (Å²) in [6, 6.07) is 7.09. The first-order valence-electron chi connectivity index (χ1n) is 9.88. The second kappa shape index (κ2) is 8.82. The molecule has 0 aliphatic carbocycles. The zero-order valence-electron chi connectivity index (χ0n) is 15.9. The molecule has 2 aliphatic rings. The lowest BCUT2D eigenvalue weighted by Crippen LogP contribution is -2.57. The third-order valence-corrected chi connectivity index (χ3v) is 5.37. The van der Waals surface area contributed by atoms with E-state index in [1.807, 2.05) is 24.3 Å². The Kier molecular flexibility index (Phi) is 6.46. The van der Waals surface area contributed by atoms with Crippen molar-refractivity contribution in [2.24, 2.45) is 0 Å². The minimum absolute atomic E-state index is 0.00338. The minimum atomic E-state index is -0.749. The fourth-order valence-electron chi connectivity index (χ4n) is 4.08. The van der Waals surface area contributed by atoms with Gasteiger partial charge in [0.25, 0.3) is 0 Å². The number of carbonyl (C=O) groups excluding carboxylic acids is 2. The molecule has 1 aromatic carbocycles. The predicted octanol–water partition coefficient (Wildman–Crippen LogP) is 1.63. The summed E-state index contributed by atoms with van der Waals surface area (Å²) >= 11 is 0. The van der Waals surface area contributed by atoms with Crippen LogP contribution in [-0.4, -0.2) is 50.2 Å².